The van der Waals surface area contributed by atoms with E-state index in [0.717, 1.165) is 56.5 Å². The third kappa shape index (κ3) is 4.45. The molecule has 1 N–H and O–H groups in total. The minimum absolute atomic E-state index is 0.853. The molecule has 237 valence electrons. The highest BCUT2D eigenvalue weighted by atomic mass is 32.1. The van der Waals surface area contributed by atoms with Crippen molar-refractivity contribution in [1.82, 2.24) is 0 Å². The molecule has 3 nitrogen and oxygen atoms in total. The van der Waals surface area contributed by atoms with Crippen LogP contribution in [0.4, 0.5) is 28.4 Å². The summed E-state index contributed by atoms with van der Waals surface area (Å²) in [7, 11) is 2.34. The molecule has 1 radical (unpaired) electrons. The Bertz CT molecular complexity index is 2860. The molecule has 0 spiro atoms. The van der Waals surface area contributed by atoms with Gasteiger partial charge in [-0.15, -0.1) is 11.3 Å². The van der Waals surface area contributed by atoms with E-state index in [0.29, 0.717) is 0 Å². The molecule has 2 aliphatic heterocycles. The summed E-state index contributed by atoms with van der Waals surface area (Å²) >= 11 is 1.85. The standard InChI is InChI=1S/C46H28BN2OS/c1-2-11-28(12-3-1)30-25-36(44-39(26-30)49-38-17-7-8-18-40(38)50-41-19-10-16-37(47-44)46(41)49)34-23-21-29-13-4-5-14-32(29)45(34)48-31-22-24-43-35(27-31)33-15-6-9-20-42(33)51-43/h1-27,48H. The number of nitrogens with one attached hydrogen (secondary N) is 1. The number of fused-ring (bicyclic) bond motifs is 8. The van der Waals surface area contributed by atoms with Crippen LogP contribution in [0.5, 0.6) is 11.5 Å². The van der Waals surface area contributed by atoms with Crippen molar-refractivity contribution in [3.05, 3.63) is 164 Å². The predicted molar refractivity (Wildman–Crippen MR) is 217 cm³/mol. The molecule has 3 heterocycles. The molecule has 2 aliphatic rings. The van der Waals surface area contributed by atoms with Crippen LogP contribution < -0.4 is 25.9 Å². The summed E-state index contributed by atoms with van der Waals surface area (Å²) in [6.07, 6.45) is 0. The van der Waals surface area contributed by atoms with Gasteiger partial charge in [0.05, 0.1) is 17.1 Å². The summed E-state index contributed by atoms with van der Waals surface area (Å²) in [6.45, 7) is 0. The van der Waals surface area contributed by atoms with Crippen LogP contribution >= 0.6 is 11.3 Å². The van der Waals surface area contributed by atoms with Crippen LogP contribution in [0.3, 0.4) is 0 Å². The average Bonchev–Trinajstić information content (AvgIpc) is 3.56. The van der Waals surface area contributed by atoms with E-state index >= 15 is 0 Å². The molecule has 0 bridgehead atoms. The number of benzene rings is 8. The van der Waals surface area contributed by atoms with E-state index in [1.165, 1.54) is 47.5 Å². The lowest BCUT2D eigenvalue weighted by Gasteiger charge is -2.39. The number of anilines is 5. The van der Waals surface area contributed by atoms with Crippen molar-refractivity contribution in [2.45, 2.75) is 0 Å². The first-order valence-electron chi connectivity index (χ1n) is 17.3. The van der Waals surface area contributed by atoms with Gasteiger partial charge in [0.2, 0.25) is 0 Å². The fourth-order valence-electron chi connectivity index (χ4n) is 7.92. The third-order valence-electron chi connectivity index (χ3n) is 10.3. The van der Waals surface area contributed by atoms with Crippen molar-refractivity contribution in [3.8, 4) is 33.8 Å². The molecule has 0 amide bonds. The lowest BCUT2D eigenvalue weighted by atomic mass is 9.57. The van der Waals surface area contributed by atoms with Gasteiger partial charge in [-0.05, 0) is 82.1 Å². The summed E-state index contributed by atoms with van der Waals surface area (Å²) in [5.41, 5.74) is 12.4. The number of ether oxygens (including phenoxy) is 1. The molecule has 0 unspecified atom stereocenters. The molecule has 11 rings (SSSR count). The summed E-state index contributed by atoms with van der Waals surface area (Å²) in [4.78, 5) is 2.40. The van der Waals surface area contributed by atoms with Crippen molar-refractivity contribution >= 4 is 88.9 Å². The molecule has 9 aromatic rings. The lowest BCUT2D eigenvalue weighted by Crippen LogP contribution is -2.42. The molecule has 0 saturated carbocycles. The van der Waals surface area contributed by atoms with Crippen LogP contribution in [-0.2, 0) is 0 Å². The van der Waals surface area contributed by atoms with Gasteiger partial charge < -0.3 is 15.0 Å². The van der Waals surface area contributed by atoms with Crippen molar-refractivity contribution in [2.24, 2.45) is 0 Å². The quantitative estimate of drug-likeness (QED) is 0.189. The Hall–Kier alpha value is -6.30. The van der Waals surface area contributed by atoms with Gasteiger partial charge in [0, 0.05) is 42.5 Å². The van der Waals surface area contributed by atoms with Crippen LogP contribution in [-0.4, -0.2) is 7.28 Å². The number of rotatable bonds is 4. The zero-order valence-electron chi connectivity index (χ0n) is 27.4. The minimum Gasteiger partial charge on any atom is -0.453 e. The third-order valence-corrected chi connectivity index (χ3v) is 11.4. The monoisotopic (exact) mass is 667 g/mol. The zero-order chi connectivity index (χ0) is 33.5. The van der Waals surface area contributed by atoms with Crippen LogP contribution in [0.15, 0.2) is 164 Å². The Morgan fingerprint density at radius 1 is 0.529 bits per heavy atom. The first-order valence-corrected chi connectivity index (χ1v) is 18.1. The predicted octanol–water partition coefficient (Wildman–Crippen LogP) is 11.8. The number of hydrogen-bond acceptors (Lipinski definition) is 4. The molecule has 0 fully saturated rings. The van der Waals surface area contributed by atoms with Crippen LogP contribution in [0, 0.1) is 0 Å². The van der Waals surface area contributed by atoms with Gasteiger partial charge in [-0.2, -0.15) is 0 Å². The molecule has 5 heteroatoms. The van der Waals surface area contributed by atoms with Crippen molar-refractivity contribution in [1.29, 1.82) is 0 Å². The second-order valence-corrected chi connectivity index (χ2v) is 14.3. The van der Waals surface area contributed by atoms with E-state index in [1.54, 1.807) is 0 Å². The van der Waals surface area contributed by atoms with Crippen LogP contribution in [0.1, 0.15) is 0 Å². The largest absolute Gasteiger partial charge is 0.453 e. The topological polar surface area (TPSA) is 24.5 Å². The lowest BCUT2D eigenvalue weighted by molar-refractivity contribution is 0.477. The second kappa shape index (κ2) is 11.1. The van der Waals surface area contributed by atoms with E-state index in [-0.39, 0.29) is 0 Å². The number of hydrogen-bond donors (Lipinski definition) is 1. The smallest absolute Gasteiger partial charge is 0.198 e. The van der Waals surface area contributed by atoms with Gasteiger partial charge in [0.25, 0.3) is 0 Å². The second-order valence-electron chi connectivity index (χ2n) is 13.2. The van der Waals surface area contributed by atoms with Gasteiger partial charge in [0.1, 0.15) is 0 Å². The zero-order valence-corrected chi connectivity index (χ0v) is 28.2. The molecule has 0 atom stereocenters. The Morgan fingerprint density at radius 2 is 1.31 bits per heavy atom. The molecule has 0 aliphatic carbocycles. The Kier molecular flexibility index (Phi) is 6.22. The van der Waals surface area contributed by atoms with Gasteiger partial charge in [-0.25, -0.2) is 0 Å². The molecule has 0 saturated heterocycles. The fourth-order valence-corrected chi connectivity index (χ4v) is 9.01. The van der Waals surface area contributed by atoms with Gasteiger partial charge in [-0.3, -0.25) is 0 Å². The maximum Gasteiger partial charge on any atom is 0.198 e. The first-order chi connectivity index (χ1) is 25.3. The van der Waals surface area contributed by atoms with Crippen LogP contribution in [0.2, 0.25) is 0 Å². The van der Waals surface area contributed by atoms with E-state index in [9.17, 15) is 0 Å². The average molecular weight is 668 g/mol. The highest BCUT2D eigenvalue weighted by Gasteiger charge is 2.35. The summed E-state index contributed by atoms with van der Waals surface area (Å²) in [5, 5.41) is 8.91. The van der Waals surface area contributed by atoms with Gasteiger partial charge in [-0.1, -0.05) is 115 Å². The van der Waals surface area contributed by atoms with Crippen molar-refractivity contribution in [3.63, 3.8) is 0 Å². The minimum atomic E-state index is 0.853. The summed E-state index contributed by atoms with van der Waals surface area (Å²) in [6, 6.07) is 58.8. The van der Waals surface area contributed by atoms with Gasteiger partial charge in [0.15, 0.2) is 18.8 Å². The summed E-state index contributed by atoms with van der Waals surface area (Å²) in [5.74, 6) is 1.72. The molecule has 8 aromatic carbocycles. The van der Waals surface area contributed by atoms with Crippen molar-refractivity contribution in [2.75, 3.05) is 10.2 Å². The SMILES string of the molecule is [B]1c2cccc3c2N(c2ccccc2O3)c2cc(-c3ccccc3)cc(-c3ccc4ccccc4c3Nc3ccc4sc5ccccc5c4c3)c21. The van der Waals surface area contributed by atoms with E-state index in [1.807, 2.05) is 17.4 Å². The molecule has 51 heavy (non-hydrogen) atoms. The maximum absolute atomic E-state index is 6.48. The maximum atomic E-state index is 6.48. The molecule has 1 aromatic heterocycles. The van der Waals surface area contributed by atoms with E-state index in [2.05, 4.69) is 175 Å². The van der Waals surface area contributed by atoms with Crippen LogP contribution in [0.25, 0.3) is 53.2 Å². The fraction of sp³-hybridized carbons (Fsp3) is 0. The highest BCUT2D eigenvalue weighted by Crippen LogP contribution is 2.52. The molecular formula is C46H28BN2OS. The first kappa shape index (κ1) is 28.5. The normalized spacial score (nSPS) is 12.6. The Morgan fingerprint density at radius 3 is 2.25 bits per heavy atom. The van der Waals surface area contributed by atoms with Crippen molar-refractivity contribution < 1.29 is 4.74 Å². The number of nitrogens with zero attached hydrogens (tertiary/aromatic N) is 1. The number of thiophene rings is 1. The van der Waals surface area contributed by atoms with E-state index in [4.69, 9.17) is 4.74 Å². The molecular weight excluding hydrogens is 639 g/mol. The Balaban J connectivity index is 1.18. The summed E-state index contributed by atoms with van der Waals surface area (Å²) < 4.78 is 9.09. The van der Waals surface area contributed by atoms with Gasteiger partial charge >= 0.3 is 0 Å². The van der Waals surface area contributed by atoms with E-state index < -0.39 is 0 Å². The number of para-hydroxylation sites is 3. The highest BCUT2D eigenvalue weighted by molar-refractivity contribution is 7.25. The Labute approximate surface area is 300 Å².